The molecule has 1 aliphatic rings. The molecule has 0 aliphatic carbocycles. The van der Waals surface area contributed by atoms with Gasteiger partial charge in [0.05, 0.1) is 5.56 Å². The second-order valence-corrected chi connectivity index (χ2v) is 6.56. The van der Waals surface area contributed by atoms with Crippen LogP contribution in [0.15, 0.2) is 55.1 Å². The van der Waals surface area contributed by atoms with E-state index in [9.17, 15) is 4.79 Å². The van der Waals surface area contributed by atoms with Gasteiger partial charge in [0.1, 0.15) is 0 Å². The van der Waals surface area contributed by atoms with Gasteiger partial charge in [0.2, 0.25) is 11.9 Å². The predicted molar refractivity (Wildman–Crippen MR) is 108 cm³/mol. The summed E-state index contributed by atoms with van der Waals surface area (Å²) in [6.45, 7) is 5.08. The summed E-state index contributed by atoms with van der Waals surface area (Å²) in [4.78, 5) is 34.0. The second kappa shape index (κ2) is 7.99. The Bertz CT molecular complexity index is 938. The van der Waals surface area contributed by atoms with Gasteiger partial charge in [0, 0.05) is 56.7 Å². The fourth-order valence-corrected chi connectivity index (χ4v) is 3.07. The minimum atomic E-state index is -0.216. The Balaban J connectivity index is 1.37. The van der Waals surface area contributed by atoms with Crippen LogP contribution in [0.4, 0.5) is 17.6 Å². The molecule has 1 aliphatic heterocycles. The zero-order valence-electron chi connectivity index (χ0n) is 15.6. The molecule has 1 saturated heterocycles. The summed E-state index contributed by atoms with van der Waals surface area (Å²) in [5.41, 5.74) is 2.23. The van der Waals surface area contributed by atoms with E-state index in [4.69, 9.17) is 0 Å². The summed E-state index contributed by atoms with van der Waals surface area (Å²) >= 11 is 0. The third kappa shape index (κ3) is 3.90. The van der Waals surface area contributed by atoms with E-state index in [2.05, 4.69) is 35.1 Å². The number of para-hydroxylation sites is 1. The molecule has 0 radical (unpaired) electrons. The Morgan fingerprint density at radius 1 is 0.857 bits per heavy atom. The Labute approximate surface area is 163 Å². The van der Waals surface area contributed by atoms with Crippen molar-refractivity contribution < 1.29 is 4.79 Å². The molecule has 8 nitrogen and oxygen atoms in total. The molecule has 0 atom stereocenters. The van der Waals surface area contributed by atoms with Gasteiger partial charge in [-0.25, -0.2) is 19.9 Å². The average Bonchev–Trinajstić information content (AvgIpc) is 2.76. The summed E-state index contributed by atoms with van der Waals surface area (Å²) in [5.74, 6) is 1.15. The van der Waals surface area contributed by atoms with Gasteiger partial charge in [-0.2, -0.15) is 0 Å². The fourth-order valence-electron chi connectivity index (χ4n) is 3.07. The SMILES string of the molecule is Cc1ccccc1NC(=O)c1cnc(N2CCN(c3ncccn3)CC2)nc1. The number of aryl methyl sites for hydroxylation is 1. The number of nitrogens with one attached hydrogen (secondary N) is 1. The molecular weight excluding hydrogens is 354 g/mol. The number of hydrogen-bond acceptors (Lipinski definition) is 7. The van der Waals surface area contributed by atoms with Crippen molar-refractivity contribution >= 4 is 23.5 Å². The summed E-state index contributed by atoms with van der Waals surface area (Å²) in [6.07, 6.45) is 6.64. The molecule has 0 saturated carbocycles. The highest BCUT2D eigenvalue weighted by atomic mass is 16.1. The fraction of sp³-hybridized carbons (Fsp3) is 0.250. The van der Waals surface area contributed by atoms with Gasteiger partial charge >= 0.3 is 0 Å². The lowest BCUT2D eigenvalue weighted by atomic mass is 10.2. The quantitative estimate of drug-likeness (QED) is 0.748. The Kier molecular flexibility index (Phi) is 5.09. The van der Waals surface area contributed by atoms with Crippen LogP contribution in [0.25, 0.3) is 0 Å². The van der Waals surface area contributed by atoms with E-state index in [1.54, 1.807) is 24.8 Å². The number of piperazine rings is 1. The minimum absolute atomic E-state index is 0.216. The lowest BCUT2D eigenvalue weighted by molar-refractivity contribution is 0.102. The summed E-state index contributed by atoms with van der Waals surface area (Å²) in [7, 11) is 0. The van der Waals surface area contributed by atoms with Crippen LogP contribution in [-0.2, 0) is 0 Å². The largest absolute Gasteiger partial charge is 0.337 e. The van der Waals surface area contributed by atoms with E-state index in [0.717, 1.165) is 43.4 Å². The van der Waals surface area contributed by atoms with Crippen LogP contribution in [0.2, 0.25) is 0 Å². The van der Waals surface area contributed by atoms with E-state index in [1.807, 2.05) is 37.3 Å². The average molecular weight is 375 g/mol. The Morgan fingerprint density at radius 2 is 1.43 bits per heavy atom. The van der Waals surface area contributed by atoms with Gasteiger partial charge in [-0.05, 0) is 24.6 Å². The molecular formula is C20H21N7O. The van der Waals surface area contributed by atoms with Crippen molar-refractivity contribution in [1.29, 1.82) is 0 Å². The maximum absolute atomic E-state index is 12.4. The van der Waals surface area contributed by atoms with Gasteiger partial charge in [0.25, 0.3) is 5.91 Å². The smallest absolute Gasteiger partial charge is 0.258 e. The highest BCUT2D eigenvalue weighted by Gasteiger charge is 2.21. The minimum Gasteiger partial charge on any atom is -0.337 e. The van der Waals surface area contributed by atoms with Crippen LogP contribution in [0.3, 0.4) is 0 Å². The first kappa shape index (κ1) is 17.8. The first-order valence-corrected chi connectivity index (χ1v) is 9.16. The van der Waals surface area contributed by atoms with Crippen molar-refractivity contribution in [3.8, 4) is 0 Å². The van der Waals surface area contributed by atoms with Crippen molar-refractivity contribution in [1.82, 2.24) is 19.9 Å². The first-order valence-electron chi connectivity index (χ1n) is 9.16. The van der Waals surface area contributed by atoms with Crippen LogP contribution in [0, 0.1) is 6.92 Å². The Hall–Kier alpha value is -3.55. The van der Waals surface area contributed by atoms with Crippen molar-refractivity contribution in [2.75, 3.05) is 41.3 Å². The van der Waals surface area contributed by atoms with Gasteiger partial charge in [-0.15, -0.1) is 0 Å². The lowest BCUT2D eigenvalue weighted by Crippen LogP contribution is -2.47. The third-order valence-electron chi connectivity index (χ3n) is 4.69. The molecule has 1 fully saturated rings. The zero-order chi connectivity index (χ0) is 19.3. The third-order valence-corrected chi connectivity index (χ3v) is 4.69. The molecule has 8 heteroatoms. The molecule has 1 amide bonds. The maximum Gasteiger partial charge on any atom is 0.258 e. The van der Waals surface area contributed by atoms with Gasteiger partial charge in [0.15, 0.2) is 0 Å². The summed E-state index contributed by atoms with van der Waals surface area (Å²) < 4.78 is 0. The number of hydrogen-bond donors (Lipinski definition) is 1. The number of anilines is 3. The highest BCUT2D eigenvalue weighted by Crippen LogP contribution is 2.16. The number of nitrogens with zero attached hydrogens (tertiary/aromatic N) is 6. The van der Waals surface area contributed by atoms with Crippen molar-refractivity contribution in [3.05, 3.63) is 66.2 Å². The molecule has 142 valence electrons. The summed E-state index contributed by atoms with van der Waals surface area (Å²) in [6, 6.07) is 9.47. The first-order chi connectivity index (χ1) is 13.7. The molecule has 28 heavy (non-hydrogen) atoms. The van der Waals surface area contributed by atoms with Crippen LogP contribution >= 0.6 is 0 Å². The topological polar surface area (TPSA) is 87.1 Å². The Morgan fingerprint density at radius 3 is 2.04 bits per heavy atom. The van der Waals surface area contributed by atoms with Crippen molar-refractivity contribution in [2.24, 2.45) is 0 Å². The normalized spacial score (nSPS) is 14.0. The van der Waals surface area contributed by atoms with Crippen LogP contribution in [-0.4, -0.2) is 52.0 Å². The van der Waals surface area contributed by atoms with E-state index >= 15 is 0 Å². The lowest BCUT2D eigenvalue weighted by Gasteiger charge is -2.34. The number of carbonyl (C=O) groups excluding carboxylic acids is 1. The van der Waals surface area contributed by atoms with E-state index in [0.29, 0.717) is 11.5 Å². The molecule has 1 aromatic carbocycles. The van der Waals surface area contributed by atoms with E-state index in [1.165, 1.54) is 0 Å². The molecule has 1 N–H and O–H groups in total. The molecule has 4 rings (SSSR count). The van der Waals surface area contributed by atoms with Crippen molar-refractivity contribution in [2.45, 2.75) is 6.92 Å². The van der Waals surface area contributed by atoms with Crippen LogP contribution in [0.1, 0.15) is 15.9 Å². The predicted octanol–water partition coefficient (Wildman–Crippen LogP) is 2.15. The zero-order valence-corrected chi connectivity index (χ0v) is 15.6. The molecule has 0 bridgehead atoms. The van der Waals surface area contributed by atoms with Crippen LogP contribution in [0.5, 0.6) is 0 Å². The number of carbonyl (C=O) groups is 1. The number of amides is 1. The highest BCUT2D eigenvalue weighted by molar-refractivity contribution is 6.04. The van der Waals surface area contributed by atoms with E-state index < -0.39 is 0 Å². The molecule has 2 aromatic heterocycles. The van der Waals surface area contributed by atoms with E-state index in [-0.39, 0.29) is 5.91 Å². The molecule has 0 unspecified atom stereocenters. The number of aromatic nitrogens is 4. The maximum atomic E-state index is 12.4. The van der Waals surface area contributed by atoms with Crippen molar-refractivity contribution in [3.63, 3.8) is 0 Å². The number of benzene rings is 1. The number of rotatable bonds is 4. The van der Waals surface area contributed by atoms with Gasteiger partial charge in [-0.3, -0.25) is 4.79 Å². The van der Waals surface area contributed by atoms with Gasteiger partial charge < -0.3 is 15.1 Å². The standard InChI is InChI=1S/C20H21N7O/c1-15-5-2-3-6-17(15)25-18(28)16-13-23-20(24-14-16)27-11-9-26(10-12-27)19-21-7-4-8-22-19/h2-8,13-14H,9-12H2,1H3,(H,25,28). The summed E-state index contributed by atoms with van der Waals surface area (Å²) in [5, 5.41) is 2.90. The molecule has 3 aromatic rings. The molecule has 0 spiro atoms. The monoisotopic (exact) mass is 375 g/mol. The van der Waals surface area contributed by atoms with Crippen LogP contribution < -0.4 is 15.1 Å². The van der Waals surface area contributed by atoms with Gasteiger partial charge in [-0.1, -0.05) is 18.2 Å². The second-order valence-electron chi connectivity index (χ2n) is 6.56. The molecule has 3 heterocycles.